The fraction of sp³-hybridized carbons (Fsp3) is 0.238. The Morgan fingerprint density at radius 3 is 2.77 bits per heavy atom. The van der Waals surface area contributed by atoms with Crippen LogP contribution in [0.1, 0.15) is 18.5 Å². The number of alkyl halides is 1. The second-order valence-corrected chi connectivity index (χ2v) is 7.65. The number of nitrogens with zero attached hydrogens (tertiary/aromatic N) is 4. The van der Waals surface area contributed by atoms with Gasteiger partial charge in [-0.25, -0.2) is 8.78 Å². The molecule has 1 aliphatic carbocycles. The minimum atomic E-state index is -0.952. The number of pyridine rings is 1. The van der Waals surface area contributed by atoms with Gasteiger partial charge in [0.2, 0.25) is 0 Å². The molecule has 4 N–H and O–H groups in total. The topological polar surface area (TPSA) is 105 Å². The van der Waals surface area contributed by atoms with E-state index < -0.39 is 17.4 Å². The number of hydrogen-bond donors (Lipinski definition) is 3. The van der Waals surface area contributed by atoms with Crippen molar-refractivity contribution >= 4 is 22.5 Å². The molecule has 0 atom stereocenters. The van der Waals surface area contributed by atoms with E-state index in [4.69, 9.17) is 5.73 Å². The molecule has 5 rings (SSSR count). The van der Waals surface area contributed by atoms with E-state index in [-0.39, 0.29) is 12.8 Å². The number of halogens is 2. The smallest absolute Gasteiger partial charge is 0.153 e. The minimum absolute atomic E-state index is 0.228. The highest BCUT2D eigenvalue weighted by Gasteiger charge is 2.48. The first-order chi connectivity index (χ1) is 14.5. The first-order valence-corrected chi connectivity index (χ1v) is 9.61. The number of anilines is 2. The SMILES string of the molecule is Nc1n[nH]c2ccc(-c3ccc(NC[C@]4(c5ncccc5F)C[C@@H](F)C4)nn3)cc12. The molecule has 0 radical (unpaired) electrons. The van der Waals surface area contributed by atoms with Gasteiger partial charge in [-0.05, 0) is 49.2 Å². The van der Waals surface area contributed by atoms with Crippen LogP contribution in [0.4, 0.5) is 20.4 Å². The third-order valence-corrected chi connectivity index (χ3v) is 5.65. The molecule has 0 bridgehead atoms. The average Bonchev–Trinajstić information content (AvgIpc) is 3.11. The van der Waals surface area contributed by atoms with Gasteiger partial charge < -0.3 is 11.1 Å². The van der Waals surface area contributed by atoms with Crippen LogP contribution in [0.3, 0.4) is 0 Å². The predicted molar refractivity (Wildman–Crippen MR) is 110 cm³/mol. The largest absolute Gasteiger partial charge is 0.382 e. The maximum atomic E-state index is 14.3. The van der Waals surface area contributed by atoms with Gasteiger partial charge in [0.15, 0.2) is 5.82 Å². The van der Waals surface area contributed by atoms with Crippen LogP contribution in [-0.4, -0.2) is 38.1 Å². The number of nitrogens with two attached hydrogens (primary N) is 1. The standard InChI is InChI=1S/C21H19F2N7/c22-13-9-21(10-13,19-15(23)2-1-7-25-19)11-26-18-6-5-16(27-29-18)12-3-4-17-14(8-12)20(24)30-28-17/h1-8,13H,9-11H2,(H,26,29)(H3,24,28,30)/t13-,21+. The monoisotopic (exact) mass is 407 g/mol. The van der Waals surface area contributed by atoms with Crippen molar-refractivity contribution in [3.8, 4) is 11.3 Å². The van der Waals surface area contributed by atoms with Gasteiger partial charge in [0, 0.05) is 29.1 Å². The molecule has 1 aliphatic rings. The van der Waals surface area contributed by atoms with E-state index in [2.05, 4.69) is 30.7 Å². The van der Waals surface area contributed by atoms with Gasteiger partial charge in [-0.1, -0.05) is 6.07 Å². The van der Waals surface area contributed by atoms with Gasteiger partial charge in [-0.15, -0.1) is 10.2 Å². The van der Waals surface area contributed by atoms with Crippen LogP contribution >= 0.6 is 0 Å². The lowest BCUT2D eigenvalue weighted by atomic mass is 9.65. The van der Waals surface area contributed by atoms with Crippen LogP contribution in [-0.2, 0) is 5.41 Å². The van der Waals surface area contributed by atoms with Crippen molar-refractivity contribution in [2.24, 2.45) is 0 Å². The van der Waals surface area contributed by atoms with Crippen molar-refractivity contribution in [3.63, 3.8) is 0 Å². The van der Waals surface area contributed by atoms with Gasteiger partial charge in [0.05, 0.1) is 16.9 Å². The summed E-state index contributed by atoms with van der Waals surface area (Å²) in [5.74, 6) is 0.541. The Bertz CT molecular complexity index is 1200. The van der Waals surface area contributed by atoms with Gasteiger partial charge in [0.1, 0.15) is 17.8 Å². The molecule has 7 nitrogen and oxygen atoms in total. The number of aromatic nitrogens is 5. The molecule has 3 heterocycles. The lowest BCUT2D eigenvalue weighted by Gasteiger charge is -2.44. The second-order valence-electron chi connectivity index (χ2n) is 7.65. The molecule has 1 fully saturated rings. The Balaban J connectivity index is 1.34. The Hall–Kier alpha value is -3.62. The number of fused-ring (bicyclic) bond motifs is 1. The van der Waals surface area contributed by atoms with E-state index in [1.54, 1.807) is 6.07 Å². The third kappa shape index (κ3) is 3.12. The summed E-state index contributed by atoms with van der Waals surface area (Å²) in [7, 11) is 0. The number of nitrogen functional groups attached to an aromatic ring is 1. The number of benzene rings is 1. The van der Waals surface area contributed by atoms with Crippen molar-refractivity contribution in [3.05, 3.63) is 60.2 Å². The molecule has 0 amide bonds. The summed E-state index contributed by atoms with van der Waals surface area (Å²) in [5.41, 5.74) is 7.87. The van der Waals surface area contributed by atoms with Crippen LogP contribution in [0.15, 0.2) is 48.7 Å². The van der Waals surface area contributed by atoms with E-state index in [1.807, 2.05) is 24.3 Å². The van der Waals surface area contributed by atoms with Gasteiger partial charge in [-0.3, -0.25) is 10.1 Å². The average molecular weight is 407 g/mol. The van der Waals surface area contributed by atoms with Crippen molar-refractivity contribution in [2.45, 2.75) is 24.4 Å². The highest BCUT2D eigenvalue weighted by molar-refractivity contribution is 5.91. The Labute approximate surface area is 170 Å². The molecular weight excluding hydrogens is 388 g/mol. The van der Waals surface area contributed by atoms with Gasteiger partial charge in [-0.2, -0.15) is 5.10 Å². The summed E-state index contributed by atoms with van der Waals surface area (Å²) in [6.07, 6.45) is 1.04. The Morgan fingerprint density at radius 2 is 2.03 bits per heavy atom. The van der Waals surface area contributed by atoms with Crippen LogP contribution < -0.4 is 11.1 Å². The third-order valence-electron chi connectivity index (χ3n) is 5.65. The molecule has 1 saturated carbocycles. The molecule has 0 spiro atoms. The van der Waals surface area contributed by atoms with Crippen LogP contribution in [0, 0.1) is 5.82 Å². The summed E-state index contributed by atoms with van der Waals surface area (Å²) in [6, 6.07) is 12.2. The van der Waals surface area contributed by atoms with E-state index in [0.717, 1.165) is 16.5 Å². The molecule has 4 aromatic rings. The number of H-pyrrole nitrogens is 1. The molecular formula is C21H19F2N7. The van der Waals surface area contributed by atoms with Crippen molar-refractivity contribution < 1.29 is 8.78 Å². The minimum Gasteiger partial charge on any atom is -0.382 e. The summed E-state index contributed by atoms with van der Waals surface area (Å²) in [6.45, 7) is 0.326. The quantitative estimate of drug-likeness (QED) is 0.467. The highest BCUT2D eigenvalue weighted by atomic mass is 19.1. The summed E-state index contributed by atoms with van der Waals surface area (Å²) in [4.78, 5) is 4.16. The van der Waals surface area contributed by atoms with Crippen molar-refractivity contribution in [1.82, 2.24) is 25.4 Å². The first-order valence-electron chi connectivity index (χ1n) is 9.61. The number of rotatable bonds is 5. The van der Waals surface area contributed by atoms with Crippen LogP contribution in [0.2, 0.25) is 0 Å². The maximum absolute atomic E-state index is 14.3. The maximum Gasteiger partial charge on any atom is 0.153 e. The van der Waals surface area contributed by atoms with Gasteiger partial charge in [0.25, 0.3) is 0 Å². The second kappa shape index (κ2) is 7.01. The van der Waals surface area contributed by atoms with E-state index in [1.165, 1.54) is 18.3 Å². The zero-order chi connectivity index (χ0) is 20.7. The predicted octanol–water partition coefficient (Wildman–Crippen LogP) is 3.62. The van der Waals surface area contributed by atoms with E-state index >= 15 is 0 Å². The molecule has 1 aromatic carbocycles. The molecule has 0 unspecified atom stereocenters. The lowest BCUT2D eigenvalue weighted by Crippen LogP contribution is -2.49. The molecule has 30 heavy (non-hydrogen) atoms. The summed E-state index contributed by atoms with van der Waals surface area (Å²) >= 11 is 0. The Morgan fingerprint density at radius 1 is 1.17 bits per heavy atom. The lowest BCUT2D eigenvalue weighted by molar-refractivity contribution is 0.0964. The fourth-order valence-electron chi connectivity index (χ4n) is 4.02. The van der Waals surface area contributed by atoms with Gasteiger partial charge >= 0.3 is 0 Å². The van der Waals surface area contributed by atoms with E-state index in [9.17, 15) is 8.78 Å². The molecule has 3 aromatic heterocycles. The fourth-order valence-corrected chi connectivity index (χ4v) is 4.02. The molecule has 9 heteroatoms. The normalized spacial score (nSPS) is 20.8. The van der Waals surface area contributed by atoms with Crippen LogP contribution in [0.25, 0.3) is 22.2 Å². The first kappa shape index (κ1) is 18.4. The Kier molecular flexibility index (Phi) is 4.30. The molecule has 152 valence electrons. The van der Waals surface area contributed by atoms with Crippen molar-refractivity contribution in [2.75, 3.05) is 17.6 Å². The van der Waals surface area contributed by atoms with Crippen molar-refractivity contribution in [1.29, 1.82) is 0 Å². The van der Waals surface area contributed by atoms with E-state index in [0.29, 0.717) is 29.6 Å². The zero-order valence-electron chi connectivity index (χ0n) is 15.9. The number of nitrogens with one attached hydrogen (secondary N) is 2. The molecule has 0 saturated heterocycles. The highest BCUT2D eigenvalue weighted by Crippen LogP contribution is 2.45. The number of aromatic amines is 1. The summed E-state index contributed by atoms with van der Waals surface area (Å²) in [5, 5.41) is 19.3. The number of hydrogen-bond acceptors (Lipinski definition) is 6. The van der Waals surface area contributed by atoms with Crippen LogP contribution in [0.5, 0.6) is 0 Å². The molecule has 0 aliphatic heterocycles. The zero-order valence-corrected chi connectivity index (χ0v) is 15.9. The summed E-state index contributed by atoms with van der Waals surface area (Å²) < 4.78 is 27.9.